The molecule has 1 aliphatic heterocycles. The van der Waals surface area contributed by atoms with Crippen molar-refractivity contribution in [2.45, 2.75) is 38.2 Å². The van der Waals surface area contributed by atoms with E-state index in [4.69, 9.17) is 0 Å². The number of nitrogens with zero attached hydrogens (tertiary/aromatic N) is 1. The molecule has 1 atom stereocenters. The summed E-state index contributed by atoms with van der Waals surface area (Å²) in [5.41, 5.74) is 0.711. The van der Waals surface area contributed by atoms with Gasteiger partial charge in [-0.2, -0.15) is 0 Å². The Morgan fingerprint density at radius 2 is 1.94 bits per heavy atom. The number of aliphatic hydroxyl groups is 1. The minimum absolute atomic E-state index is 0.516. The van der Waals surface area contributed by atoms with Crippen LogP contribution in [0.5, 0.6) is 0 Å². The first-order chi connectivity index (χ1) is 8.61. The van der Waals surface area contributed by atoms with Gasteiger partial charge in [0.05, 0.1) is 5.60 Å². The van der Waals surface area contributed by atoms with Crippen LogP contribution in [-0.4, -0.2) is 35.2 Å². The van der Waals surface area contributed by atoms with E-state index in [1.165, 1.54) is 5.56 Å². The predicted molar refractivity (Wildman–Crippen MR) is 78.8 cm³/mol. The van der Waals surface area contributed by atoms with Gasteiger partial charge in [0.15, 0.2) is 0 Å². The van der Waals surface area contributed by atoms with Gasteiger partial charge in [0.2, 0.25) is 0 Å². The first kappa shape index (κ1) is 14.0. The molecule has 1 N–H and O–H groups in total. The van der Waals surface area contributed by atoms with Crippen molar-refractivity contribution >= 4 is 15.9 Å². The molecule has 2 rings (SSSR count). The molecule has 2 nitrogen and oxygen atoms in total. The van der Waals surface area contributed by atoms with E-state index in [-0.39, 0.29) is 0 Å². The van der Waals surface area contributed by atoms with Crippen LogP contribution < -0.4 is 0 Å². The number of hydrogen-bond donors (Lipinski definition) is 1. The SMILES string of the molecule is CCN1CCCC(O)(Cc2ccc(Br)cc2)CC1. The van der Waals surface area contributed by atoms with E-state index in [0.717, 1.165) is 49.8 Å². The monoisotopic (exact) mass is 311 g/mol. The number of likely N-dealkylation sites (tertiary alicyclic amines) is 1. The Labute approximate surface area is 118 Å². The zero-order valence-electron chi connectivity index (χ0n) is 11.0. The van der Waals surface area contributed by atoms with Crippen molar-refractivity contribution in [1.29, 1.82) is 0 Å². The normalized spacial score (nSPS) is 25.9. The van der Waals surface area contributed by atoms with Gasteiger partial charge in [0.25, 0.3) is 0 Å². The van der Waals surface area contributed by atoms with Crippen molar-refractivity contribution in [3.05, 3.63) is 34.3 Å². The molecule has 18 heavy (non-hydrogen) atoms. The molecule has 1 aliphatic rings. The van der Waals surface area contributed by atoms with Crippen molar-refractivity contribution in [2.75, 3.05) is 19.6 Å². The average molecular weight is 312 g/mol. The number of halogens is 1. The van der Waals surface area contributed by atoms with Gasteiger partial charge < -0.3 is 10.0 Å². The number of rotatable bonds is 3. The van der Waals surface area contributed by atoms with Crippen molar-refractivity contribution < 1.29 is 5.11 Å². The summed E-state index contributed by atoms with van der Waals surface area (Å²) in [7, 11) is 0. The Kier molecular flexibility index (Phi) is 4.82. The first-order valence-corrected chi connectivity index (χ1v) is 7.60. The third-order valence-corrected chi connectivity index (χ3v) is 4.43. The van der Waals surface area contributed by atoms with Crippen LogP contribution in [0.15, 0.2) is 28.7 Å². The van der Waals surface area contributed by atoms with E-state index in [1.54, 1.807) is 0 Å². The number of benzene rings is 1. The molecule has 1 fully saturated rings. The maximum absolute atomic E-state index is 10.7. The lowest BCUT2D eigenvalue weighted by Gasteiger charge is -2.27. The zero-order valence-corrected chi connectivity index (χ0v) is 12.6. The minimum Gasteiger partial charge on any atom is -0.389 e. The lowest BCUT2D eigenvalue weighted by molar-refractivity contribution is 0.0258. The molecule has 0 aliphatic carbocycles. The fourth-order valence-corrected chi connectivity index (χ4v) is 2.97. The summed E-state index contributed by atoms with van der Waals surface area (Å²) in [6.07, 6.45) is 3.68. The standard InChI is InChI=1S/C15H22BrNO/c1-2-17-10-3-8-15(18,9-11-17)12-13-4-6-14(16)7-5-13/h4-7,18H,2-3,8-12H2,1H3. The molecule has 0 bridgehead atoms. The summed E-state index contributed by atoms with van der Waals surface area (Å²) in [5.74, 6) is 0. The van der Waals surface area contributed by atoms with Gasteiger partial charge >= 0.3 is 0 Å². The van der Waals surface area contributed by atoms with Crippen LogP contribution in [0.3, 0.4) is 0 Å². The van der Waals surface area contributed by atoms with Gasteiger partial charge in [-0.3, -0.25) is 0 Å². The molecule has 100 valence electrons. The molecule has 1 saturated heterocycles. The molecule has 1 unspecified atom stereocenters. The van der Waals surface area contributed by atoms with E-state index in [2.05, 4.69) is 39.9 Å². The van der Waals surface area contributed by atoms with Gasteiger partial charge in [-0.1, -0.05) is 35.0 Å². The van der Waals surface area contributed by atoms with Crippen LogP contribution >= 0.6 is 15.9 Å². The highest BCUT2D eigenvalue weighted by atomic mass is 79.9. The summed E-state index contributed by atoms with van der Waals surface area (Å²) in [5, 5.41) is 10.7. The third kappa shape index (κ3) is 3.81. The van der Waals surface area contributed by atoms with Crippen LogP contribution in [0.4, 0.5) is 0 Å². The third-order valence-electron chi connectivity index (χ3n) is 3.90. The molecular formula is C15H22BrNO. The topological polar surface area (TPSA) is 23.5 Å². The molecule has 1 aromatic rings. The molecule has 0 radical (unpaired) electrons. The number of hydrogen-bond acceptors (Lipinski definition) is 2. The van der Waals surface area contributed by atoms with Crippen molar-refractivity contribution in [1.82, 2.24) is 4.90 Å². The Balaban J connectivity index is 2.00. The maximum atomic E-state index is 10.7. The summed E-state index contributed by atoms with van der Waals surface area (Å²) >= 11 is 3.44. The summed E-state index contributed by atoms with van der Waals surface area (Å²) in [6.45, 7) is 5.43. The summed E-state index contributed by atoms with van der Waals surface area (Å²) in [6, 6.07) is 8.30. The largest absolute Gasteiger partial charge is 0.389 e. The molecular weight excluding hydrogens is 290 g/mol. The molecule has 0 aromatic heterocycles. The second-order valence-corrected chi connectivity index (χ2v) is 6.23. The van der Waals surface area contributed by atoms with Crippen LogP contribution in [0, 0.1) is 0 Å². The average Bonchev–Trinajstić information content (AvgIpc) is 2.54. The van der Waals surface area contributed by atoms with Crippen LogP contribution in [-0.2, 0) is 6.42 Å². The highest BCUT2D eigenvalue weighted by Crippen LogP contribution is 2.27. The van der Waals surface area contributed by atoms with E-state index >= 15 is 0 Å². The maximum Gasteiger partial charge on any atom is 0.0700 e. The van der Waals surface area contributed by atoms with Gasteiger partial charge in [-0.15, -0.1) is 0 Å². The minimum atomic E-state index is -0.516. The Morgan fingerprint density at radius 3 is 2.61 bits per heavy atom. The highest BCUT2D eigenvalue weighted by Gasteiger charge is 2.29. The van der Waals surface area contributed by atoms with E-state index in [0.29, 0.717) is 0 Å². The van der Waals surface area contributed by atoms with Crippen LogP contribution in [0.2, 0.25) is 0 Å². The molecule has 0 spiro atoms. The second-order valence-electron chi connectivity index (χ2n) is 5.32. The summed E-state index contributed by atoms with van der Waals surface area (Å²) in [4.78, 5) is 2.43. The van der Waals surface area contributed by atoms with Crippen molar-refractivity contribution in [2.24, 2.45) is 0 Å². The van der Waals surface area contributed by atoms with Gasteiger partial charge in [0, 0.05) is 17.4 Å². The Morgan fingerprint density at radius 1 is 1.22 bits per heavy atom. The lowest BCUT2D eigenvalue weighted by atomic mass is 9.88. The Bertz CT molecular complexity index is 379. The molecule has 3 heteroatoms. The van der Waals surface area contributed by atoms with E-state index in [1.807, 2.05) is 12.1 Å². The molecule has 1 aromatic carbocycles. The fourth-order valence-electron chi connectivity index (χ4n) is 2.71. The predicted octanol–water partition coefficient (Wildman–Crippen LogP) is 3.23. The lowest BCUT2D eigenvalue weighted by Crippen LogP contribution is -2.33. The van der Waals surface area contributed by atoms with Crippen molar-refractivity contribution in [3.63, 3.8) is 0 Å². The quantitative estimate of drug-likeness (QED) is 0.926. The first-order valence-electron chi connectivity index (χ1n) is 6.80. The molecule has 1 heterocycles. The smallest absolute Gasteiger partial charge is 0.0700 e. The van der Waals surface area contributed by atoms with E-state index < -0.39 is 5.60 Å². The molecule has 0 amide bonds. The van der Waals surface area contributed by atoms with Gasteiger partial charge in [-0.05, 0) is 50.0 Å². The van der Waals surface area contributed by atoms with Crippen LogP contribution in [0.1, 0.15) is 31.7 Å². The highest BCUT2D eigenvalue weighted by molar-refractivity contribution is 9.10. The van der Waals surface area contributed by atoms with Gasteiger partial charge in [-0.25, -0.2) is 0 Å². The zero-order chi connectivity index (χ0) is 13.0. The Hall–Kier alpha value is -0.380. The van der Waals surface area contributed by atoms with Crippen LogP contribution in [0.25, 0.3) is 0 Å². The molecule has 0 saturated carbocycles. The second kappa shape index (κ2) is 6.18. The van der Waals surface area contributed by atoms with Gasteiger partial charge in [0.1, 0.15) is 0 Å². The summed E-state index contributed by atoms with van der Waals surface area (Å²) < 4.78 is 1.09. The fraction of sp³-hybridized carbons (Fsp3) is 0.600. The van der Waals surface area contributed by atoms with Crippen molar-refractivity contribution in [3.8, 4) is 0 Å². The van der Waals surface area contributed by atoms with E-state index in [9.17, 15) is 5.11 Å².